The molecule has 0 saturated carbocycles. The average Bonchev–Trinajstić information content (AvgIpc) is 2.91. The summed E-state index contributed by atoms with van der Waals surface area (Å²) >= 11 is 16.8. The molecule has 0 bridgehead atoms. The Morgan fingerprint density at radius 2 is 0.892 bits per heavy atom. The van der Waals surface area contributed by atoms with Gasteiger partial charge in [-0.3, -0.25) is 0 Å². The minimum atomic E-state index is 0.459. The van der Waals surface area contributed by atoms with Crippen molar-refractivity contribution in [2.75, 3.05) is 7.11 Å². The first kappa shape index (κ1) is 27.3. The van der Waals surface area contributed by atoms with Crippen LogP contribution < -0.4 is 21.5 Å². The largest absolute Gasteiger partial charge is 0.496 e. The van der Waals surface area contributed by atoms with Gasteiger partial charge in [-0.25, -0.2) is 0 Å². The summed E-state index contributed by atoms with van der Waals surface area (Å²) in [5.41, 5.74) is 6.98. The van der Waals surface area contributed by atoms with Crippen LogP contribution in [0.4, 0.5) is 0 Å². The molecule has 4 rings (SSSR count). The molecule has 0 amide bonds. The van der Waals surface area contributed by atoms with Crippen LogP contribution in [0.25, 0.3) is 33.4 Å². The third-order valence-corrected chi connectivity index (χ3v) is 7.02. The zero-order valence-corrected chi connectivity index (χ0v) is 24.2. The van der Waals surface area contributed by atoms with Crippen LogP contribution in [-0.4, -0.2) is 7.11 Å². The summed E-state index contributed by atoms with van der Waals surface area (Å²) in [4.78, 5) is 0. The summed E-state index contributed by atoms with van der Waals surface area (Å²) in [7, 11) is 1.61. The maximum atomic E-state index is 5.99. The summed E-state index contributed by atoms with van der Waals surface area (Å²) in [6.45, 7) is 5.84. The van der Waals surface area contributed by atoms with E-state index in [1.165, 1.54) is 0 Å². The normalized spacial score (nSPS) is 10.7. The Morgan fingerprint density at radius 1 is 0.486 bits per heavy atom. The van der Waals surface area contributed by atoms with Crippen LogP contribution in [0.15, 0.2) is 60.7 Å². The number of hydrogen-bond acceptors (Lipinski definition) is 9. The summed E-state index contributed by atoms with van der Waals surface area (Å²) in [5.74, 6) is 2.76. The van der Waals surface area contributed by atoms with Gasteiger partial charge in [0.2, 0.25) is 0 Å². The maximum absolute atomic E-state index is 5.99. The molecule has 4 aromatic carbocycles. The molecule has 0 atom stereocenters. The highest BCUT2D eigenvalue weighted by Gasteiger charge is 2.29. The standard InChI is InChI=1S/C28H26O5S4/c1-15-8-5-11-18(25(15)30-34)21-14-22(29-4)23(19-12-6-9-16(2)26(19)31-35)24(28(21)33-37)20-13-7-10-17(3)27(20)32-36/h5-14,34-37H,1-4H3. The number of thiol groups is 4. The Kier molecular flexibility index (Phi) is 8.69. The van der Waals surface area contributed by atoms with E-state index in [-0.39, 0.29) is 0 Å². The third kappa shape index (κ3) is 4.93. The van der Waals surface area contributed by atoms with Crippen molar-refractivity contribution in [1.29, 1.82) is 0 Å². The van der Waals surface area contributed by atoms with Crippen molar-refractivity contribution in [3.8, 4) is 62.1 Å². The minimum absolute atomic E-state index is 0.459. The first-order chi connectivity index (χ1) is 17.9. The van der Waals surface area contributed by atoms with E-state index in [1.807, 2.05) is 81.4 Å². The van der Waals surface area contributed by atoms with Crippen LogP contribution in [0.1, 0.15) is 16.7 Å². The van der Waals surface area contributed by atoms with E-state index in [4.69, 9.17) is 21.5 Å². The molecule has 0 radical (unpaired) electrons. The molecule has 0 heterocycles. The Balaban J connectivity index is 2.26. The number of aryl methyl sites for hydroxylation is 3. The summed E-state index contributed by atoms with van der Waals surface area (Å²) in [6, 6.07) is 19.3. The van der Waals surface area contributed by atoms with Crippen LogP contribution in [-0.2, 0) is 0 Å². The third-order valence-electron chi connectivity index (χ3n) is 6.29. The fourth-order valence-electron chi connectivity index (χ4n) is 4.55. The maximum Gasteiger partial charge on any atom is 0.153 e. The molecule has 37 heavy (non-hydrogen) atoms. The predicted octanol–water partition coefficient (Wildman–Crippen LogP) is 8.52. The molecule has 0 aliphatic rings. The molecule has 0 saturated heterocycles. The second kappa shape index (κ2) is 11.8. The molecule has 9 heteroatoms. The zero-order chi connectivity index (χ0) is 26.7. The predicted molar refractivity (Wildman–Crippen MR) is 162 cm³/mol. The summed E-state index contributed by atoms with van der Waals surface area (Å²) < 4.78 is 28.4. The fourth-order valence-corrected chi connectivity index (χ4v) is 5.46. The average molecular weight is 571 g/mol. The molecule has 0 aromatic heterocycles. The van der Waals surface area contributed by atoms with Crippen molar-refractivity contribution < 1.29 is 21.5 Å². The Morgan fingerprint density at radius 3 is 1.32 bits per heavy atom. The van der Waals surface area contributed by atoms with Gasteiger partial charge in [0.05, 0.1) is 7.11 Å². The van der Waals surface area contributed by atoms with E-state index in [1.54, 1.807) is 7.11 Å². The number of ether oxygens (including phenoxy) is 1. The second-order valence-corrected chi connectivity index (χ2v) is 9.16. The van der Waals surface area contributed by atoms with Crippen LogP contribution in [0.2, 0.25) is 0 Å². The van der Waals surface area contributed by atoms with Gasteiger partial charge < -0.3 is 21.5 Å². The van der Waals surface area contributed by atoms with Gasteiger partial charge in [0.1, 0.15) is 23.0 Å². The topological polar surface area (TPSA) is 46.2 Å². The Hall–Kier alpha value is -2.72. The highest BCUT2D eigenvalue weighted by Crippen LogP contribution is 2.55. The molecule has 0 N–H and O–H groups in total. The molecule has 0 spiro atoms. The van der Waals surface area contributed by atoms with Gasteiger partial charge in [0.25, 0.3) is 0 Å². The smallest absolute Gasteiger partial charge is 0.153 e. The first-order valence-electron chi connectivity index (χ1n) is 11.2. The lowest BCUT2D eigenvalue weighted by molar-refractivity contribution is 0.416. The number of rotatable bonds is 8. The van der Waals surface area contributed by atoms with Gasteiger partial charge in [0, 0.05) is 85.0 Å². The SMILES string of the molecule is COc1cc(-c2cccc(C)c2OS)c(OS)c(-c2cccc(C)c2OS)c1-c1cccc(C)c1OS. The Labute approximate surface area is 239 Å². The molecule has 4 aromatic rings. The Bertz CT molecular complexity index is 1460. The van der Waals surface area contributed by atoms with Crippen LogP contribution >= 0.6 is 51.6 Å². The van der Waals surface area contributed by atoms with Crippen LogP contribution in [0.3, 0.4) is 0 Å². The van der Waals surface area contributed by atoms with E-state index >= 15 is 0 Å². The second-order valence-electron chi connectivity index (χ2n) is 8.43. The molecule has 0 fully saturated rings. The van der Waals surface area contributed by atoms with E-state index in [0.29, 0.717) is 45.4 Å². The van der Waals surface area contributed by atoms with E-state index < -0.39 is 0 Å². The lowest BCUT2D eigenvalue weighted by Crippen LogP contribution is -2.00. The van der Waals surface area contributed by atoms with Crippen molar-refractivity contribution in [3.63, 3.8) is 0 Å². The molecule has 192 valence electrons. The number of methoxy groups -OCH3 is 1. The number of benzene rings is 4. The van der Waals surface area contributed by atoms with Gasteiger partial charge in [-0.15, -0.1) is 0 Å². The molecule has 0 aliphatic carbocycles. The first-order valence-corrected chi connectivity index (χ1v) is 12.7. The lowest BCUT2D eigenvalue weighted by atomic mass is 9.86. The van der Waals surface area contributed by atoms with Crippen LogP contribution in [0, 0.1) is 20.8 Å². The van der Waals surface area contributed by atoms with Gasteiger partial charge in [-0.1, -0.05) is 54.6 Å². The highest BCUT2D eigenvalue weighted by atomic mass is 32.1. The van der Waals surface area contributed by atoms with Gasteiger partial charge >= 0.3 is 0 Å². The van der Waals surface area contributed by atoms with Crippen LogP contribution in [0.5, 0.6) is 28.7 Å². The summed E-state index contributed by atoms with van der Waals surface area (Å²) in [6.07, 6.45) is 0. The van der Waals surface area contributed by atoms with Crippen molar-refractivity contribution in [2.45, 2.75) is 20.8 Å². The molecular weight excluding hydrogens is 545 g/mol. The molecule has 0 aliphatic heterocycles. The number of hydrogen-bond donors (Lipinski definition) is 4. The van der Waals surface area contributed by atoms with Crippen molar-refractivity contribution >= 4 is 51.6 Å². The minimum Gasteiger partial charge on any atom is -0.496 e. The van der Waals surface area contributed by atoms with E-state index in [2.05, 4.69) is 51.6 Å². The quantitative estimate of drug-likeness (QED) is 0.126. The molecule has 0 unspecified atom stereocenters. The van der Waals surface area contributed by atoms with Crippen molar-refractivity contribution in [3.05, 3.63) is 77.4 Å². The molecule has 5 nitrogen and oxygen atoms in total. The fraction of sp³-hybridized carbons (Fsp3) is 0.143. The monoisotopic (exact) mass is 570 g/mol. The van der Waals surface area contributed by atoms with Gasteiger partial charge in [-0.05, 0) is 43.5 Å². The van der Waals surface area contributed by atoms with E-state index in [0.717, 1.165) is 33.4 Å². The van der Waals surface area contributed by atoms with Gasteiger partial charge in [-0.2, -0.15) is 0 Å². The molecular formula is C28H26O5S4. The van der Waals surface area contributed by atoms with Crippen molar-refractivity contribution in [2.24, 2.45) is 0 Å². The lowest BCUT2D eigenvalue weighted by Gasteiger charge is -2.24. The van der Waals surface area contributed by atoms with Crippen molar-refractivity contribution in [1.82, 2.24) is 0 Å². The van der Waals surface area contributed by atoms with E-state index in [9.17, 15) is 0 Å². The zero-order valence-electron chi connectivity index (χ0n) is 20.6. The number of para-hydroxylation sites is 3. The highest BCUT2D eigenvalue weighted by molar-refractivity contribution is 7.75. The van der Waals surface area contributed by atoms with Gasteiger partial charge in [0.15, 0.2) is 5.75 Å². The summed E-state index contributed by atoms with van der Waals surface area (Å²) in [5, 5.41) is 0.